The zero-order valence-corrected chi connectivity index (χ0v) is 18.7. The lowest BCUT2D eigenvalue weighted by Crippen LogP contribution is -2.31. The Bertz CT molecular complexity index is 1320. The maximum absolute atomic E-state index is 12.6. The molecule has 5 rings (SSSR count). The molecule has 0 spiro atoms. The highest BCUT2D eigenvalue weighted by Crippen LogP contribution is 2.34. The maximum Gasteiger partial charge on any atom is 0.269 e. The summed E-state index contributed by atoms with van der Waals surface area (Å²) in [7, 11) is 1.59. The molecule has 1 atom stereocenters. The van der Waals surface area contributed by atoms with Gasteiger partial charge in [0.05, 0.1) is 30.0 Å². The quantitative estimate of drug-likeness (QED) is 0.509. The van der Waals surface area contributed by atoms with Gasteiger partial charge in [-0.2, -0.15) is 0 Å². The van der Waals surface area contributed by atoms with E-state index in [0.29, 0.717) is 49.8 Å². The van der Waals surface area contributed by atoms with Gasteiger partial charge in [0, 0.05) is 44.4 Å². The first-order chi connectivity index (χ1) is 16.5. The zero-order chi connectivity index (χ0) is 23.7. The average Bonchev–Trinajstić information content (AvgIpc) is 3.22. The molecule has 2 N–H and O–H groups in total. The van der Waals surface area contributed by atoms with Crippen molar-refractivity contribution in [2.45, 2.75) is 13.0 Å². The van der Waals surface area contributed by atoms with Crippen LogP contribution in [0.2, 0.25) is 0 Å². The van der Waals surface area contributed by atoms with Gasteiger partial charge in [0.1, 0.15) is 11.5 Å². The van der Waals surface area contributed by atoms with E-state index in [1.54, 1.807) is 28.7 Å². The Labute approximate surface area is 195 Å². The third kappa shape index (κ3) is 4.32. The lowest BCUT2D eigenvalue weighted by Gasteiger charge is -2.22. The molecule has 2 aromatic carbocycles. The lowest BCUT2D eigenvalue weighted by molar-refractivity contribution is -0.118. The number of nitrogens with zero attached hydrogens (tertiary/aromatic N) is 3. The van der Waals surface area contributed by atoms with E-state index >= 15 is 0 Å². The van der Waals surface area contributed by atoms with Crippen LogP contribution >= 0.6 is 0 Å². The summed E-state index contributed by atoms with van der Waals surface area (Å²) >= 11 is 0. The third-order valence-electron chi connectivity index (χ3n) is 6.11. The number of hydrogen-bond acceptors (Lipinski definition) is 7. The van der Waals surface area contributed by atoms with Gasteiger partial charge in [-0.15, -0.1) is 0 Å². The summed E-state index contributed by atoms with van der Waals surface area (Å²) in [4.78, 5) is 42.6. The Kier molecular flexibility index (Phi) is 5.89. The Balaban J connectivity index is 1.20. The van der Waals surface area contributed by atoms with Crippen molar-refractivity contribution in [2.24, 2.45) is 5.92 Å². The molecule has 10 heteroatoms. The smallest absolute Gasteiger partial charge is 0.269 e. The van der Waals surface area contributed by atoms with E-state index in [1.807, 2.05) is 24.3 Å². The standard InChI is InChI=1S/C24H25N5O5/c1-33-17-3-4-18-20(10-17)28(24(32)12-26-18)7-6-25-11-15-8-23(31)29(13-15)16-2-5-21-19(9-16)27-22(30)14-34-21/h2-5,9-10,12,15,25H,6-8,11,13-14H2,1H3,(H,27,30)/t15-/m1/s1. The van der Waals surface area contributed by atoms with Crippen LogP contribution in [0.3, 0.4) is 0 Å². The summed E-state index contributed by atoms with van der Waals surface area (Å²) in [6.07, 6.45) is 1.76. The zero-order valence-electron chi connectivity index (χ0n) is 18.7. The molecule has 10 nitrogen and oxygen atoms in total. The Morgan fingerprint density at radius 3 is 2.94 bits per heavy atom. The van der Waals surface area contributed by atoms with E-state index in [2.05, 4.69) is 15.6 Å². The second kappa shape index (κ2) is 9.14. The van der Waals surface area contributed by atoms with Crippen LogP contribution in [0.15, 0.2) is 47.4 Å². The molecule has 1 fully saturated rings. The van der Waals surface area contributed by atoms with Crippen molar-refractivity contribution < 1.29 is 19.1 Å². The first-order valence-electron chi connectivity index (χ1n) is 11.1. The number of carbonyl (C=O) groups is 2. The summed E-state index contributed by atoms with van der Waals surface area (Å²) < 4.78 is 12.3. The topological polar surface area (TPSA) is 115 Å². The number of nitrogens with one attached hydrogen (secondary N) is 2. The largest absolute Gasteiger partial charge is 0.497 e. The molecule has 2 aliphatic rings. The molecule has 0 unspecified atom stereocenters. The Hall–Kier alpha value is -3.92. The number of hydrogen-bond donors (Lipinski definition) is 2. The monoisotopic (exact) mass is 463 g/mol. The van der Waals surface area contributed by atoms with Gasteiger partial charge in [-0.05, 0) is 36.2 Å². The van der Waals surface area contributed by atoms with Crippen molar-refractivity contribution in [2.75, 3.05) is 43.6 Å². The van der Waals surface area contributed by atoms with Crippen LogP contribution in [-0.2, 0) is 16.1 Å². The number of benzene rings is 2. The van der Waals surface area contributed by atoms with Crippen molar-refractivity contribution in [1.29, 1.82) is 0 Å². The van der Waals surface area contributed by atoms with E-state index in [4.69, 9.17) is 9.47 Å². The van der Waals surface area contributed by atoms with E-state index in [0.717, 1.165) is 16.7 Å². The predicted molar refractivity (Wildman–Crippen MR) is 126 cm³/mol. The number of aromatic nitrogens is 2. The number of carbonyl (C=O) groups excluding carboxylic acids is 2. The minimum atomic E-state index is -0.209. The fraction of sp³-hybridized carbons (Fsp3) is 0.333. The van der Waals surface area contributed by atoms with Gasteiger partial charge in [0.2, 0.25) is 5.91 Å². The van der Waals surface area contributed by atoms with Gasteiger partial charge in [0.15, 0.2) is 6.61 Å². The van der Waals surface area contributed by atoms with Crippen LogP contribution in [0.5, 0.6) is 11.5 Å². The van der Waals surface area contributed by atoms with E-state index in [1.165, 1.54) is 6.20 Å². The molecule has 0 aliphatic carbocycles. The van der Waals surface area contributed by atoms with E-state index in [-0.39, 0.29) is 29.9 Å². The predicted octanol–water partition coefficient (Wildman–Crippen LogP) is 1.38. The van der Waals surface area contributed by atoms with Crippen LogP contribution in [0.25, 0.3) is 11.0 Å². The minimum absolute atomic E-state index is 0.00229. The molecule has 3 heterocycles. The van der Waals surface area contributed by atoms with Crippen molar-refractivity contribution in [3.05, 3.63) is 52.9 Å². The molecule has 176 valence electrons. The van der Waals surface area contributed by atoms with Crippen LogP contribution in [0.4, 0.5) is 11.4 Å². The first kappa shape index (κ1) is 21.9. The average molecular weight is 463 g/mol. The van der Waals surface area contributed by atoms with Gasteiger partial charge >= 0.3 is 0 Å². The second-order valence-corrected chi connectivity index (χ2v) is 8.40. The molecular formula is C24H25N5O5. The maximum atomic E-state index is 12.6. The van der Waals surface area contributed by atoms with Crippen LogP contribution in [0, 0.1) is 5.92 Å². The highest BCUT2D eigenvalue weighted by Gasteiger charge is 2.31. The number of amides is 2. The normalized spacial score (nSPS) is 17.4. The van der Waals surface area contributed by atoms with Gasteiger partial charge in [0.25, 0.3) is 11.5 Å². The number of rotatable bonds is 7. The molecule has 1 aromatic heterocycles. The van der Waals surface area contributed by atoms with Crippen molar-refractivity contribution >= 4 is 34.2 Å². The summed E-state index contributed by atoms with van der Waals surface area (Å²) in [5, 5.41) is 6.15. The molecular weight excluding hydrogens is 438 g/mol. The molecule has 0 bridgehead atoms. The Morgan fingerprint density at radius 2 is 2.09 bits per heavy atom. The molecule has 34 heavy (non-hydrogen) atoms. The van der Waals surface area contributed by atoms with Gasteiger partial charge in [-0.3, -0.25) is 14.4 Å². The fourth-order valence-electron chi connectivity index (χ4n) is 4.40. The molecule has 1 saturated heterocycles. The summed E-state index contributed by atoms with van der Waals surface area (Å²) in [6, 6.07) is 10.8. The summed E-state index contributed by atoms with van der Waals surface area (Å²) in [5.41, 5.74) is 2.59. The van der Waals surface area contributed by atoms with E-state index in [9.17, 15) is 14.4 Å². The number of anilines is 2. The van der Waals surface area contributed by atoms with Crippen LogP contribution in [-0.4, -0.2) is 54.7 Å². The number of methoxy groups -OCH3 is 1. The highest BCUT2D eigenvalue weighted by atomic mass is 16.5. The van der Waals surface area contributed by atoms with Gasteiger partial charge in [-0.25, -0.2) is 4.98 Å². The van der Waals surface area contributed by atoms with Gasteiger partial charge in [-0.1, -0.05) is 0 Å². The summed E-state index contributed by atoms with van der Waals surface area (Å²) in [5.74, 6) is 1.24. The molecule has 0 saturated carbocycles. The number of ether oxygens (including phenoxy) is 2. The van der Waals surface area contributed by atoms with Gasteiger partial charge < -0.3 is 29.6 Å². The second-order valence-electron chi connectivity index (χ2n) is 8.40. The first-order valence-corrected chi connectivity index (χ1v) is 11.1. The minimum Gasteiger partial charge on any atom is -0.497 e. The molecule has 2 amide bonds. The highest BCUT2D eigenvalue weighted by molar-refractivity contribution is 5.99. The lowest BCUT2D eigenvalue weighted by atomic mass is 10.1. The molecule has 3 aromatic rings. The van der Waals surface area contributed by atoms with E-state index < -0.39 is 0 Å². The van der Waals surface area contributed by atoms with Crippen molar-refractivity contribution in [3.63, 3.8) is 0 Å². The van der Waals surface area contributed by atoms with Crippen LogP contribution in [0.1, 0.15) is 6.42 Å². The van der Waals surface area contributed by atoms with Crippen LogP contribution < -0.4 is 30.6 Å². The third-order valence-corrected chi connectivity index (χ3v) is 6.11. The summed E-state index contributed by atoms with van der Waals surface area (Å²) in [6.45, 7) is 2.27. The fourth-order valence-corrected chi connectivity index (χ4v) is 4.40. The molecule has 0 radical (unpaired) electrons. The molecule has 2 aliphatic heterocycles. The van der Waals surface area contributed by atoms with Crippen molar-refractivity contribution in [3.8, 4) is 11.5 Å². The SMILES string of the molecule is COc1ccc2ncc(=O)n(CCNC[C@H]3CC(=O)N(c4ccc5c(c4)NC(=O)CO5)C3)c2c1. The Morgan fingerprint density at radius 1 is 1.21 bits per heavy atom. The van der Waals surface area contributed by atoms with Crippen molar-refractivity contribution in [1.82, 2.24) is 14.9 Å². The number of fused-ring (bicyclic) bond motifs is 2.